The van der Waals surface area contributed by atoms with Crippen LogP contribution >= 0.6 is 0 Å². The zero-order valence-electron chi connectivity index (χ0n) is 16.3. The first-order chi connectivity index (χ1) is 15.1. The van der Waals surface area contributed by atoms with Crippen molar-refractivity contribution >= 4 is 5.91 Å². The number of hydrogen-bond acceptors (Lipinski definition) is 5. The zero-order chi connectivity index (χ0) is 21.4. The van der Waals surface area contributed by atoms with Gasteiger partial charge in [-0.2, -0.15) is 5.10 Å². The minimum atomic E-state index is -0.368. The van der Waals surface area contributed by atoms with Crippen molar-refractivity contribution in [2.75, 3.05) is 6.54 Å². The largest absolute Gasteiger partial charge is 0.333 e. The minimum Gasteiger partial charge on any atom is -0.333 e. The van der Waals surface area contributed by atoms with Gasteiger partial charge >= 0.3 is 0 Å². The highest BCUT2D eigenvalue weighted by Gasteiger charge is 2.24. The standard InChI is InChI=1S/C22H17FN6O2/c23-17-4-6-18(7-5-17)28-12-16-11-27(9-8-15(16)10-21(28)30)22(31)19-2-1-3-20(26-19)29-14-24-13-25-29/h1-7,10,12-14H,8-9,11H2. The van der Waals surface area contributed by atoms with Gasteiger partial charge in [-0.1, -0.05) is 6.07 Å². The van der Waals surface area contributed by atoms with E-state index in [4.69, 9.17) is 0 Å². The van der Waals surface area contributed by atoms with E-state index >= 15 is 0 Å². The molecule has 0 unspecified atom stereocenters. The van der Waals surface area contributed by atoms with Gasteiger partial charge in [-0.3, -0.25) is 14.2 Å². The highest BCUT2D eigenvalue weighted by atomic mass is 19.1. The van der Waals surface area contributed by atoms with Gasteiger partial charge in [0, 0.05) is 31.0 Å². The Balaban J connectivity index is 1.43. The Morgan fingerprint density at radius 1 is 1.06 bits per heavy atom. The first-order valence-corrected chi connectivity index (χ1v) is 9.70. The molecule has 8 nitrogen and oxygen atoms in total. The molecule has 31 heavy (non-hydrogen) atoms. The lowest BCUT2D eigenvalue weighted by Crippen LogP contribution is -2.37. The molecule has 3 aromatic heterocycles. The molecule has 0 N–H and O–H groups in total. The molecule has 0 spiro atoms. The zero-order valence-corrected chi connectivity index (χ0v) is 16.3. The van der Waals surface area contributed by atoms with Crippen molar-refractivity contribution in [1.82, 2.24) is 29.2 Å². The van der Waals surface area contributed by atoms with Crippen LogP contribution in [0.1, 0.15) is 21.6 Å². The fourth-order valence-electron chi connectivity index (χ4n) is 3.66. The van der Waals surface area contributed by atoms with Crippen LogP contribution in [0.2, 0.25) is 0 Å². The second kappa shape index (κ2) is 7.60. The quantitative estimate of drug-likeness (QED) is 0.511. The first-order valence-electron chi connectivity index (χ1n) is 9.70. The number of carbonyl (C=O) groups excluding carboxylic acids is 1. The molecule has 1 aliphatic heterocycles. The fraction of sp³-hybridized carbons (Fsp3) is 0.136. The molecule has 1 aliphatic rings. The lowest BCUT2D eigenvalue weighted by Gasteiger charge is -2.29. The fourth-order valence-corrected chi connectivity index (χ4v) is 3.66. The number of amides is 1. The molecule has 0 atom stereocenters. The number of nitrogens with zero attached hydrogens (tertiary/aromatic N) is 6. The van der Waals surface area contributed by atoms with Crippen molar-refractivity contribution in [3.8, 4) is 11.5 Å². The summed E-state index contributed by atoms with van der Waals surface area (Å²) in [6.45, 7) is 0.839. The normalized spacial score (nSPS) is 13.1. The Morgan fingerprint density at radius 2 is 1.90 bits per heavy atom. The SMILES string of the molecule is O=C(c1cccc(-n2cncn2)n1)N1CCc2cc(=O)n(-c3ccc(F)cc3)cc2C1. The van der Waals surface area contributed by atoms with E-state index in [-0.39, 0.29) is 17.3 Å². The van der Waals surface area contributed by atoms with Gasteiger partial charge in [0.05, 0.1) is 0 Å². The summed E-state index contributed by atoms with van der Waals surface area (Å²) >= 11 is 0. The van der Waals surface area contributed by atoms with Gasteiger partial charge in [-0.05, 0) is 53.9 Å². The summed E-state index contributed by atoms with van der Waals surface area (Å²) in [5.41, 5.74) is 2.48. The summed E-state index contributed by atoms with van der Waals surface area (Å²) in [6.07, 6.45) is 5.22. The monoisotopic (exact) mass is 416 g/mol. The van der Waals surface area contributed by atoms with Crippen LogP contribution in [-0.4, -0.2) is 41.7 Å². The molecule has 9 heteroatoms. The van der Waals surface area contributed by atoms with Gasteiger partial charge < -0.3 is 4.90 Å². The van der Waals surface area contributed by atoms with Crippen LogP contribution in [0.25, 0.3) is 11.5 Å². The number of pyridine rings is 2. The highest BCUT2D eigenvalue weighted by Crippen LogP contribution is 2.20. The summed E-state index contributed by atoms with van der Waals surface area (Å²) in [6, 6.07) is 12.5. The lowest BCUT2D eigenvalue weighted by molar-refractivity contribution is 0.0728. The molecule has 154 valence electrons. The number of halogens is 1. The van der Waals surface area contributed by atoms with E-state index in [1.54, 1.807) is 47.5 Å². The van der Waals surface area contributed by atoms with Gasteiger partial charge in [-0.15, -0.1) is 0 Å². The van der Waals surface area contributed by atoms with Crippen LogP contribution in [0.3, 0.4) is 0 Å². The van der Waals surface area contributed by atoms with Crippen molar-refractivity contribution in [3.05, 3.63) is 100 Å². The summed E-state index contributed by atoms with van der Waals surface area (Å²) < 4.78 is 16.2. The Morgan fingerprint density at radius 3 is 2.68 bits per heavy atom. The Kier molecular flexibility index (Phi) is 4.62. The third kappa shape index (κ3) is 3.61. The molecule has 0 radical (unpaired) electrons. The van der Waals surface area contributed by atoms with Crippen molar-refractivity contribution < 1.29 is 9.18 Å². The minimum absolute atomic E-state index is 0.188. The van der Waals surface area contributed by atoms with E-state index in [9.17, 15) is 14.0 Å². The number of benzene rings is 1. The molecule has 0 saturated heterocycles. The summed E-state index contributed by atoms with van der Waals surface area (Å²) in [5, 5.41) is 4.04. The molecule has 1 aromatic carbocycles. The number of hydrogen-bond donors (Lipinski definition) is 0. The highest BCUT2D eigenvalue weighted by molar-refractivity contribution is 5.92. The molecule has 1 amide bonds. The predicted molar refractivity (Wildman–Crippen MR) is 110 cm³/mol. The summed E-state index contributed by atoms with van der Waals surface area (Å²) in [4.78, 5) is 35.6. The van der Waals surface area contributed by atoms with Crippen LogP contribution in [0.4, 0.5) is 4.39 Å². The molecule has 0 aliphatic carbocycles. The van der Waals surface area contributed by atoms with Crippen LogP contribution in [0.15, 0.2) is 72.2 Å². The average Bonchev–Trinajstić information content (AvgIpc) is 3.34. The van der Waals surface area contributed by atoms with Crippen LogP contribution < -0.4 is 5.56 Å². The second-order valence-corrected chi connectivity index (χ2v) is 7.21. The van der Waals surface area contributed by atoms with Gasteiger partial charge in [0.1, 0.15) is 24.2 Å². The summed E-state index contributed by atoms with van der Waals surface area (Å²) in [5.74, 6) is -0.0646. The topological polar surface area (TPSA) is 85.9 Å². The Bertz CT molecular complexity index is 1310. The van der Waals surface area contributed by atoms with Crippen LogP contribution in [0.5, 0.6) is 0 Å². The molecule has 0 saturated carbocycles. The summed E-state index contributed by atoms with van der Waals surface area (Å²) in [7, 11) is 0. The molecule has 5 rings (SSSR count). The van der Waals surface area contributed by atoms with Crippen molar-refractivity contribution in [2.24, 2.45) is 0 Å². The van der Waals surface area contributed by atoms with E-state index in [0.717, 1.165) is 11.1 Å². The van der Waals surface area contributed by atoms with E-state index in [1.165, 1.54) is 34.0 Å². The second-order valence-electron chi connectivity index (χ2n) is 7.21. The molecule has 0 fully saturated rings. The smallest absolute Gasteiger partial charge is 0.272 e. The van der Waals surface area contributed by atoms with E-state index in [0.29, 0.717) is 36.7 Å². The van der Waals surface area contributed by atoms with Gasteiger partial charge in [0.25, 0.3) is 11.5 Å². The number of aromatic nitrogens is 5. The van der Waals surface area contributed by atoms with Gasteiger partial charge in [0.15, 0.2) is 5.82 Å². The van der Waals surface area contributed by atoms with Crippen molar-refractivity contribution in [3.63, 3.8) is 0 Å². The van der Waals surface area contributed by atoms with Gasteiger partial charge in [-0.25, -0.2) is 19.0 Å². The third-order valence-corrected chi connectivity index (χ3v) is 5.24. The maximum atomic E-state index is 13.2. The van der Waals surface area contributed by atoms with E-state index < -0.39 is 0 Å². The van der Waals surface area contributed by atoms with Crippen LogP contribution in [-0.2, 0) is 13.0 Å². The Labute approximate surface area is 176 Å². The average molecular weight is 416 g/mol. The van der Waals surface area contributed by atoms with Crippen LogP contribution in [0, 0.1) is 5.82 Å². The first kappa shape index (κ1) is 18.9. The molecular weight excluding hydrogens is 399 g/mol. The van der Waals surface area contributed by atoms with E-state index in [2.05, 4.69) is 15.1 Å². The number of fused-ring (bicyclic) bond motifs is 1. The molecule has 0 bridgehead atoms. The molecule has 4 aromatic rings. The maximum absolute atomic E-state index is 13.2. The molecule has 4 heterocycles. The van der Waals surface area contributed by atoms with Gasteiger partial charge in [0.2, 0.25) is 0 Å². The number of carbonyl (C=O) groups is 1. The predicted octanol–water partition coefficient (Wildman–Crippen LogP) is 2.15. The maximum Gasteiger partial charge on any atom is 0.272 e. The van der Waals surface area contributed by atoms with Crippen molar-refractivity contribution in [1.29, 1.82) is 0 Å². The molecular formula is C22H17FN6O2. The Hall–Kier alpha value is -4.14. The lowest BCUT2D eigenvalue weighted by atomic mass is 10.0. The third-order valence-electron chi connectivity index (χ3n) is 5.24. The number of rotatable bonds is 3. The van der Waals surface area contributed by atoms with Crippen molar-refractivity contribution in [2.45, 2.75) is 13.0 Å². The van der Waals surface area contributed by atoms with E-state index in [1.807, 2.05) is 0 Å².